The molecular formula is C22H25NO. The lowest BCUT2D eigenvalue weighted by atomic mass is 9.91. The monoisotopic (exact) mass is 319 g/mol. The Balaban J connectivity index is 1.57. The Bertz CT molecular complexity index is 731. The molecule has 0 N–H and O–H groups in total. The van der Waals surface area contributed by atoms with Crippen LogP contribution in [0.25, 0.3) is 0 Å². The predicted molar refractivity (Wildman–Crippen MR) is 97.6 cm³/mol. The molecule has 0 aromatic heterocycles. The van der Waals surface area contributed by atoms with Crippen molar-refractivity contribution in [2.75, 3.05) is 13.6 Å². The van der Waals surface area contributed by atoms with Gasteiger partial charge in [-0.15, -0.1) is 0 Å². The quantitative estimate of drug-likeness (QED) is 0.777. The minimum absolute atomic E-state index is 0.324. The van der Waals surface area contributed by atoms with E-state index in [2.05, 4.69) is 35.2 Å². The van der Waals surface area contributed by atoms with Crippen molar-refractivity contribution in [1.29, 1.82) is 0 Å². The summed E-state index contributed by atoms with van der Waals surface area (Å²) < 4.78 is 0. The fourth-order valence-corrected chi connectivity index (χ4v) is 4.43. The van der Waals surface area contributed by atoms with Gasteiger partial charge in [0, 0.05) is 12.1 Å². The number of carbonyl (C=O) groups excluding carboxylic acids is 1. The second kappa shape index (κ2) is 6.52. The third-order valence-electron chi connectivity index (χ3n) is 5.46. The van der Waals surface area contributed by atoms with E-state index in [1.807, 2.05) is 13.1 Å². The number of likely N-dealkylation sites (N-methyl/N-ethyl adjacent to an activating group) is 1. The molecule has 124 valence electrons. The van der Waals surface area contributed by atoms with Crippen molar-refractivity contribution in [3.63, 3.8) is 0 Å². The molecule has 2 nitrogen and oxygen atoms in total. The lowest BCUT2D eigenvalue weighted by Gasteiger charge is -2.19. The number of rotatable bonds is 5. The van der Waals surface area contributed by atoms with E-state index in [1.165, 1.54) is 40.7 Å². The summed E-state index contributed by atoms with van der Waals surface area (Å²) in [7, 11) is 2.05. The summed E-state index contributed by atoms with van der Waals surface area (Å²) in [4.78, 5) is 15.3. The number of Topliss-reactive ketones (excluding diaryl/α,β-unsaturated/α-hetero) is 1. The number of hydrogen-bond acceptors (Lipinski definition) is 2. The Morgan fingerprint density at radius 3 is 2.21 bits per heavy atom. The van der Waals surface area contributed by atoms with Crippen LogP contribution < -0.4 is 0 Å². The van der Waals surface area contributed by atoms with Crippen LogP contribution >= 0.6 is 0 Å². The smallest absolute Gasteiger partial charge is 0.177 e. The molecule has 0 bridgehead atoms. The zero-order valence-corrected chi connectivity index (χ0v) is 14.5. The molecule has 2 aliphatic rings. The molecule has 0 unspecified atom stereocenters. The maximum Gasteiger partial charge on any atom is 0.177 e. The van der Waals surface area contributed by atoms with Gasteiger partial charge in [0.2, 0.25) is 0 Å². The van der Waals surface area contributed by atoms with E-state index in [-0.39, 0.29) is 0 Å². The van der Waals surface area contributed by atoms with Crippen LogP contribution in [0.2, 0.25) is 0 Å². The molecule has 0 fully saturated rings. The van der Waals surface area contributed by atoms with Crippen molar-refractivity contribution in [3.8, 4) is 0 Å². The summed E-state index contributed by atoms with van der Waals surface area (Å²) in [6.45, 7) is 1.33. The highest BCUT2D eigenvalue weighted by Gasteiger charge is 2.27. The van der Waals surface area contributed by atoms with E-state index in [9.17, 15) is 4.79 Å². The Morgan fingerprint density at radius 1 is 0.958 bits per heavy atom. The van der Waals surface area contributed by atoms with Gasteiger partial charge < -0.3 is 0 Å². The summed E-state index contributed by atoms with van der Waals surface area (Å²) in [5.41, 5.74) is 7.99. The standard InChI is InChI=1S/C22H25NO/c1-23(14-16-7-3-2-4-8-16)15-21(24)22-19-11-5-9-17(19)13-18-10-6-12-20(18)22/h2-4,7-8,13H,5-6,9-12,14-15H2,1H3. The van der Waals surface area contributed by atoms with E-state index < -0.39 is 0 Å². The third kappa shape index (κ3) is 2.91. The molecule has 2 aromatic rings. The van der Waals surface area contributed by atoms with Crippen LogP contribution in [0.1, 0.15) is 51.0 Å². The molecule has 0 atom stereocenters. The first-order chi connectivity index (χ1) is 11.7. The highest BCUT2D eigenvalue weighted by molar-refractivity contribution is 6.01. The number of ketones is 1. The van der Waals surface area contributed by atoms with Gasteiger partial charge in [-0.2, -0.15) is 0 Å². The SMILES string of the molecule is CN(CC(=O)c1c2c(cc3c1CCC3)CCC2)Cc1ccccc1. The fraction of sp³-hybridized carbons (Fsp3) is 0.409. The van der Waals surface area contributed by atoms with Crippen molar-refractivity contribution >= 4 is 5.78 Å². The molecule has 0 heterocycles. The highest BCUT2D eigenvalue weighted by atomic mass is 16.1. The van der Waals surface area contributed by atoms with E-state index in [0.29, 0.717) is 12.3 Å². The Morgan fingerprint density at radius 2 is 1.58 bits per heavy atom. The maximum atomic E-state index is 13.1. The third-order valence-corrected chi connectivity index (χ3v) is 5.46. The van der Waals surface area contributed by atoms with Crippen LogP contribution in [0.4, 0.5) is 0 Å². The van der Waals surface area contributed by atoms with Gasteiger partial charge >= 0.3 is 0 Å². The first kappa shape index (κ1) is 15.6. The minimum Gasteiger partial charge on any atom is -0.295 e. The molecule has 0 spiro atoms. The molecule has 0 saturated carbocycles. The second-order valence-electron chi connectivity index (χ2n) is 7.32. The summed E-state index contributed by atoms with van der Waals surface area (Å²) in [5, 5.41) is 0. The number of nitrogens with zero attached hydrogens (tertiary/aromatic N) is 1. The topological polar surface area (TPSA) is 20.3 Å². The lowest BCUT2D eigenvalue weighted by molar-refractivity contribution is 0.0941. The summed E-state index contributed by atoms with van der Waals surface area (Å²) in [6, 6.07) is 12.8. The van der Waals surface area contributed by atoms with Gasteiger partial charge in [0.15, 0.2) is 5.78 Å². The van der Waals surface area contributed by atoms with E-state index in [0.717, 1.165) is 37.8 Å². The molecule has 2 heteroatoms. The fourth-order valence-electron chi connectivity index (χ4n) is 4.43. The summed E-state index contributed by atoms with van der Waals surface area (Å²) in [5.74, 6) is 0.324. The van der Waals surface area contributed by atoms with Crippen molar-refractivity contribution in [2.24, 2.45) is 0 Å². The molecule has 24 heavy (non-hydrogen) atoms. The van der Waals surface area contributed by atoms with Crippen molar-refractivity contribution in [2.45, 2.75) is 45.1 Å². The van der Waals surface area contributed by atoms with Crippen LogP contribution in [0.5, 0.6) is 0 Å². The maximum absolute atomic E-state index is 13.1. The molecule has 2 aliphatic carbocycles. The first-order valence-corrected chi connectivity index (χ1v) is 9.14. The average Bonchev–Trinajstić information content (AvgIpc) is 3.21. The Hall–Kier alpha value is -1.93. The molecule has 0 aliphatic heterocycles. The van der Waals surface area contributed by atoms with Gasteiger partial charge in [0.1, 0.15) is 0 Å². The van der Waals surface area contributed by atoms with Gasteiger partial charge in [0.25, 0.3) is 0 Å². The van der Waals surface area contributed by atoms with Gasteiger partial charge in [-0.25, -0.2) is 0 Å². The normalized spacial score (nSPS) is 15.6. The number of fused-ring (bicyclic) bond motifs is 2. The van der Waals surface area contributed by atoms with Gasteiger partial charge in [0.05, 0.1) is 6.54 Å². The Labute approximate surface area is 144 Å². The van der Waals surface area contributed by atoms with Crippen LogP contribution in [-0.2, 0) is 32.2 Å². The van der Waals surface area contributed by atoms with Crippen LogP contribution in [0, 0.1) is 0 Å². The largest absolute Gasteiger partial charge is 0.295 e. The van der Waals surface area contributed by atoms with Crippen LogP contribution in [0.3, 0.4) is 0 Å². The summed E-state index contributed by atoms with van der Waals surface area (Å²) >= 11 is 0. The zero-order chi connectivity index (χ0) is 16.5. The number of carbonyl (C=O) groups is 1. The van der Waals surface area contributed by atoms with Crippen molar-refractivity contribution < 1.29 is 4.79 Å². The second-order valence-corrected chi connectivity index (χ2v) is 7.32. The highest BCUT2D eigenvalue weighted by Crippen LogP contribution is 2.35. The van der Waals surface area contributed by atoms with E-state index in [1.54, 1.807) is 0 Å². The van der Waals surface area contributed by atoms with Crippen molar-refractivity contribution in [3.05, 3.63) is 69.8 Å². The summed E-state index contributed by atoms with van der Waals surface area (Å²) in [6.07, 6.45) is 6.90. The molecule has 2 aromatic carbocycles. The first-order valence-electron chi connectivity index (χ1n) is 9.14. The van der Waals surface area contributed by atoms with E-state index >= 15 is 0 Å². The van der Waals surface area contributed by atoms with Gasteiger partial charge in [-0.05, 0) is 73.4 Å². The number of aryl methyl sites for hydroxylation is 2. The van der Waals surface area contributed by atoms with Crippen LogP contribution in [-0.4, -0.2) is 24.3 Å². The average molecular weight is 319 g/mol. The Kier molecular flexibility index (Phi) is 4.24. The molecule has 0 saturated heterocycles. The zero-order valence-electron chi connectivity index (χ0n) is 14.5. The molecular weight excluding hydrogens is 294 g/mol. The molecule has 0 radical (unpaired) electrons. The number of hydrogen-bond donors (Lipinski definition) is 0. The lowest BCUT2D eigenvalue weighted by Crippen LogP contribution is -2.27. The van der Waals surface area contributed by atoms with Gasteiger partial charge in [-0.1, -0.05) is 36.4 Å². The predicted octanol–water partition coefficient (Wildman–Crippen LogP) is 3.98. The van der Waals surface area contributed by atoms with E-state index in [4.69, 9.17) is 0 Å². The van der Waals surface area contributed by atoms with Crippen LogP contribution in [0.15, 0.2) is 36.4 Å². The molecule has 4 rings (SSSR count). The molecule has 0 amide bonds. The number of benzene rings is 2. The van der Waals surface area contributed by atoms with Gasteiger partial charge in [-0.3, -0.25) is 9.69 Å². The van der Waals surface area contributed by atoms with Crippen molar-refractivity contribution in [1.82, 2.24) is 4.90 Å². The minimum atomic E-state index is 0.324.